The summed E-state index contributed by atoms with van der Waals surface area (Å²) in [7, 11) is 1.50. The molecule has 2 rings (SSSR count). The van der Waals surface area contributed by atoms with Gasteiger partial charge in [-0.2, -0.15) is 0 Å². The van der Waals surface area contributed by atoms with Crippen molar-refractivity contribution < 1.29 is 9.53 Å². The van der Waals surface area contributed by atoms with Crippen molar-refractivity contribution in [2.45, 2.75) is 19.3 Å². The molecule has 3 atom stereocenters. The molecule has 0 aromatic carbocycles. The van der Waals surface area contributed by atoms with Crippen LogP contribution in [0, 0.1) is 17.8 Å². The third kappa shape index (κ3) is 1.57. The van der Waals surface area contributed by atoms with E-state index >= 15 is 0 Å². The molecule has 1 saturated heterocycles. The van der Waals surface area contributed by atoms with E-state index in [1.165, 1.54) is 13.5 Å². The molecule has 3 heteroatoms. The van der Waals surface area contributed by atoms with Crippen LogP contribution in [0.1, 0.15) is 19.3 Å². The molecule has 0 bridgehead atoms. The van der Waals surface area contributed by atoms with Crippen molar-refractivity contribution in [3.8, 4) is 0 Å². The number of piperidine rings is 1. The van der Waals surface area contributed by atoms with Gasteiger partial charge in [0.1, 0.15) is 0 Å². The number of fused-ring (bicyclic) bond motifs is 1. The summed E-state index contributed by atoms with van der Waals surface area (Å²) >= 11 is 0. The molecule has 2 fully saturated rings. The first-order chi connectivity index (χ1) is 6.33. The zero-order valence-corrected chi connectivity index (χ0v) is 8.08. The van der Waals surface area contributed by atoms with Crippen molar-refractivity contribution in [3.05, 3.63) is 0 Å². The summed E-state index contributed by atoms with van der Waals surface area (Å²) in [4.78, 5) is 11.4. The van der Waals surface area contributed by atoms with E-state index in [4.69, 9.17) is 4.74 Å². The minimum Gasteiger partial charge on any atom is -0.469 e. The normalized spacial score (nSPS) is 38.4. The average Bonchev–Trinajstić information content (AvgIpc) is 2.60. The summed E-state index contributed by atoms with van der Waals surface area (Å²) in [5.74, 6) is 1.51. The van der Waals surface area contributed by atoms with Gasteiger partial charge < -0.3 is 10.1 Å². The smallest absolute Gasteiger partial charge is 0.308 e. The second-order valence-electron chi connectivity index (χ2n) is 4.12. The Labute approximate surface area is 78.8 Å². The molecule has 3 nitrogen and oxygen atoms in total. The molecular weight excluding hydrogens is 166 g/mol. The van der Waals surface area contributed by atoms with Gasteiger partial charge in [-0.05, 0) is 44.2 Å². The molecule has 0 spiro atoms. The third-order valence-corrected chi connectivity index (χ3v) is 3.54. The van der Waals surface area contributed by atoms with Gasteiger partial charge in [0.25, 0.3) is 0 Å². The number of carbonyl (C=O) groups is 1. The van der Waals surface area contributed by atoms with Gasteiger partial charge >= 0.3 is 5.97 Å². The zero-order valence-electron chi connectivity index (χ0n) is 8.08. The van der Waals surface area contributed by atoms with Gasteiger partial charge in [-0.1, -0.05) is 0 Å². The number of rotatable bonds is 1. The standard InChI is InChI=1S/C10H17NO2/c1-13-10(12)9-3-2-7-6-11-5-4-8(7)9/h7-9,11H,2-6H2,1H3. The minimum absolute atomic E-state index is 0.00870. The van der Waals surface area contributed by atoms with Crippen LogP contribution in [0.2, 0.25) is 0 Å². The van der Waals surface area contributed by atoms with Gasteiger partial charge in [-0.25, -0.2) is 0 Å². The predicted molar refractivity (Wildman–Crippen MR) is 49.2 cm³/mol. The van der Waals surface area contributed by atoms with Crippen LogP contribution >= 0.6 is 0 Å². The van der Waals surface area contributed by atoms with E-state index in [9.17, 15) is 4.79 Å². The number of hydrogen-bond donors (Lipinski definition) is 1. The predicted octanol–water partition coefficient (Wildman–Crippen LogP) is 0.795. The second-order valence-corrected chi connectivity index (χ2v) is 4.12. The van der Waals surface area contributed by atoms with Crippen LogP contribution in [-0.2, 0) is 9.53 Å². The monoisotopic (exact) mass is 183 g/mol. The molecule has 74 valence electrons. The molecule has 1 saturated carbocycles. The number of hydrogen-bond acceptors (Lipinski definition) is 3. The Balaban J connectivity index is 2.02. The Morgan fingerprint density at radius 3 is 3.00 bits per heavy atom. The number of esters is 1. The van der Waals surface area contributed by atoms with Crippen molar-refractivity contribution in [1.29, 1.82) is 0 Å². The molecule has 2 aliphatic rings. The Bertz CT molecular complexity index is 205. The summed E-state index contributed by atoms with van der Waals surface area (Å²) in [5.41, 5.74) is 0. The Hall–Kier alpha value is -0.570. The quantitative estimate of drug-likeness (QED) is 0.611. The molecule has 1 aliphatic carbocycles. The van der Waals surface area contributed by atoms with Crippen molar-refractivity contribution in [3.63, 3.8) is 0 Å². The summed E-state index contributed by atoms with van der Waals surface area (Å²) in [6, 6.07) is 0. The lowest BCUT2D eigenvalue weighted by molar-refractivity contribution is -0.147. The molecule has 0 radical (unpaired) electrons. The first-order valence-electron chi connectivity index (χ1n) is 5.11. The zero-order chi connectivity index (χ0) is 9.26. The van der Waals surface area contributed by atoms with Crippen LogP contribution in [0.4, 0.5) is 0 Å². The summed E-state index contributed by atoms with van der Waals surface area (Å²) in [5, 5.41) is 3.38. The van der Waals surface area contributed by atoms with E-state index in [-0.39, 0.29) is 11.9 Å². The maximum Gasteiger partial charge on any atom is 0.308 e. The minimum atomic E-state index is 0.00870. The number of ether oxygens (including phenoxy) is 1. The van der Waals surface area contributed by atoms with Crippen molar-refractivity contribution in [1.82, 2.24) is 5.32 Å². The SMILES string of the molecule is COC(=O)C1CCC2CNCCC21. The van der Waals surface area contributed by atoms with E-state index < -0.39 is 0 Å². The fraction of sp³-hybridized carbons (Fsp3) is 0.900. The molecule has 1 N–H and O–H groups in total. The number of nitrogens with one attached hydrogen (secondary N) is 1. The summed E-state index contributed by atoms with van der Waals surface area (Å²) < 4.78 is 4.82. The first-order valence-corrected chi connectivity index (χ1v) is 5.11. The van der Waals surface area contributed by atoms with E-state index in [1.54, 1.807) is 0 Å². The van der Waals surface area contributed by atoms with Crippen molar-refractivity contribution in [2.24, 2.45) is 17.8 Å². The van der Waals surface area contributed by atoms with Gasteiger partial charge in [0.15, 0.2) is 0 Å². The van der Waals surface area contributed by atoms with Crippen LogP contribution in [0.3, 0.4) is 0 Å². The van der Waals surface area contributed by atoms with Crippen molar-refractivity contribution in [2.75, 3.05) is 20.2 Å². The first kappa shape index (κ1) is 9.00. The number of methoxy groups -OCH3 is 1. The van der Waals surface area contributed by atoms with E-state index in [1.807, 2.05) is 0 Å². The highest BCUT2D eigenvalue weighted by Crippen LogP contribution is 2.40. The maximum absolute atomic E-state index is 11.4. The van der Waals surface area contributed by atoms with E-state index in [0.29, 0.717) is 5.92 Å². The maximum atomic E-state index is 11.4. The molecule has 13 heavy (non-hydrogen) atoms. The molecular formula is C10H17NO2. The highest BCUT2D eigenvalue weighted by Gasteiger charge is 2.41. The lowest BCUT2D eigenvalue weighted by Gasteiger charge is -2.28. The third-order valence-electron chi connectivity index (χ3n) is 3.54. The highest BCUT2D eigenvalue weighted by atomic mass is 16.5. The topological polar surface area (TPSA) is 38.3 Å². The highest BCUT2D eigenvalue weighted by molar-refractivity contribution is 5.73. The Morgan fingerprint density at radius 1 is 1.38 bits per heavy atom. The van der Waals surface area contributed by atoms with Crippen LogP contribution in [0.25, 0.3) is 0 Å². The lowest BCUT2D eigenvalue weighted by atomic mass is 9.84. The van der Waals surface area contributed by atoms with E-state index in [2.05, 4.69) is 5.32 Å². The van der Waals surface area contributed by atoms with Gasteiger partial charge in [0.05, 0.1) is 13.0 Å². The van der Waals surface area contributed by atoms with E-state index in [0.717, 1.165) is 31.8 Å². The fourth-order valence-electron chi connectivity index (χ4n) is 2.84. The van der Waals surface area contributed by atoms with Crippen LogP contribution in [-0.4, -0.2) is 26.2 Å². The largest absolute Gasteiger partial charge is 0.469 e. The van der Waals surface area contributed by atoms with Gasteiger partial charge in [0, 0.05) is 0 Å². The number of carbonyl (C=O) groups excluding carboxylic acids is 1. The summed E-state index contributed by atoms with van der Waals surface area (Å²) in [6.07, 6.45) is 3.37. The van der Waals surface area contributed by atoms with Crippen LogP contribution in [0.5, 0.6) is 0 Å². The molecule has 0 amide bonds. The summed E-state index contributed by atoms with van der Waals surface area (Å²) in [6.45, 7) is 2.16. The molecule has 0 aromatic rings. The van der Waals surface area contributed by atoms with Gasteiger partial charge in [0.2, 0.25) is 0 Å². The van der Waals surface area contributed by atoms with Gasteiger partial charge in [-0.15, -0.1) is 0 Å². The fourth-order valence-corrected chi connectivity index (χ4v) is 2.84. The average molecular weight is 183 g/mol. The van der Waals surface area contributed by atoms with Gasteiger partial charge in [-0.3, -0.25) is 4.79 Å². The second kappa shape index (κ2) is 3.66. The van der Waals surface area contributed by atoms with Crippen LogP contribution in [0.15, 0.2) is 0 Å². The lowest BCUT2D eigenvalue weighted by Crippen LogP contribution is -2.37. The van der Waals surface area contributed by atoms with Crippen molar-refractivity contribution >= 4 is 5.97 Å². The molecule has 1 aliphatic heterocycles. The van der Waals surface area contributed by atoms with Crippen LogP contribution < -0.4 is 5.32 Å². The Kier molecular flexibility index (Phi) is 2.54. The Morgan fingerprint density at radius 2 is 2.23 bits per heavy atom. The molecule has 0 aromatic heterocycles. The molecule has 1 heterocycles. The molecule has 3 unspecified atom stereocenters.